The summed E-state index contributed by atoms with van der Waals surface area (Å²) in [6.45, 7) is 6.39. The highest BCUT2D eigenvalue weighted by Crippen LogP contribution is 2.35. The van der Waals surface area contributed by atoms with Gasteiger partial charge < -0.3 is 19.3 Å². The summed E-state index contributed by atoms with van der Waals surface area (Å²) >= 11 is 0. The fourth-order valence-electron chi connectivity index (χ4n) is 3.12. The fourth-order valence-corrected chi connectivity index (χ4v) is 3.12. The first-order chi connectivity index (χ1) is 13.4. The zero-order valence-corrected chi connectivity index (χ0v) is 16.0. The number of rotatable bonds is 6. The highest BCUT2D eigenvalue weighted by molar-refractivity contribution is 5.67. The summed E-state index contributed by atoms with van der Waals surface area (Å²) in [6.07, 6.45) is 0. The van der Waals surface area contributed by atoms with Crippen LogP contribution in [-0.2, 0) is 0 Å². The molecule has 0 atom stereocenters. The molecule has 2 aromatic rings. The van der Waals surface area contributed by atoms with Gasteiger partial charge in [0.2, 0.25) is 11.8 Å². The van der Waals surface area contributed by atoms with Crippen molar-refractivity contribution in [2.75, 3.05) is 49.7 Å². The third-order valence-electron chi connectivity index (χ3n) is 4.46. The molecule has 1 aliphatic heterocycles. The number of hydrogen-bond donors (Lipinski definition) is 0. The molecule has 0 spiro atoms. The Bertz CT molecular complexity index is 871. The molecule has 150 valence electrons. The third kappa shape index (κ3) is 4.05. The molecule has 1 fully saturated rings. The Hall–Kier alpha value is -3.17. The summed E-state index contributed by atoms with van der Waals surface area (Å²) < 4.78 is 24.4. The van der Waals surface area contributed by atoms with Gasteiger partial charge in [0, 0.05) is 44.0 Å². The predicted molar refractivity (Wildman–Crippen MR) is 102 cm³/mol. The second-order valence-corrected chi connectivity index (χ2v) is 6.29. The first-order valence-corrected chi connectivity index (χ1v) is 8.93. The van der Waals surface area contributed by atoms with Gasteiger partial charge in [-0.3, -0.25) is 10.1 Å². The van der Waals surface area contributed by atoms with Crippen molar-refractivity contribution in [2.24, 2.45) is 0 Å². The SMILES string of the molecule is CCOc1cc(C)nc(N2CCN(c3cc(OC)c(F)cc3[N+](=O)[O-])CC2)n1. The smallest absolute Gasteiger partial charge is 0.295 e. The molecule has 0 bridgehead atoms. The highest BCUT2D eigenvalue weighted by Gasteiger charge is 2.27. The van der Waals surface area contributed by atoms with E-state index in [9.17, 15) is 14.5 Å². The number of nitro groups is 1. The minimum Gasteiger partial charge on any atom is -0.494 e. The van der Waals surface area contributed by atoms with Crippen LogP contribution in [0.2, 0.25) is 0 Å². The van der Waals surface area contributed by atoms with Crippen LogP contribution in [0.5, 0.6) is 11.6 Å². The number of nitrogens with zero attached hydrogens (tertiary/aromatic N) is 5. The topological polar surface area (TPSA) is 93.9 Å². The number of ether oxygens (including phenoxy) is 2. The lowest BCUT2D eigenvalue weighted by atomic mass is 10.2. The quantitative estimate of drug-likeness (QED) is 0.548. The average Bonchev–Trinajstić information content (AvgIpc) is 2.67. The fraction of sp³-hybridized carbons (Fsp3) is 0.444. The van der Waals surface area contributed by atoms with Crippen LogP contribution >= 0.6 is 0 Å². The Morgan fingerprint density at radius 2 is 1.86 bits per heavy atom. The Morgan fingerprint density at radius 1 is 1.18 bits per heavy atom. The number of halogens is 1. The zero-order chi connectivity index (χ0) is 20.3. The molecule has 0 amide bonds. The normalized spacial score (nSPS) is 14.1. The van der Waals surface area contributed by atoms with Gasteiger partial charge in [-0.25, -0.2) is 9.37 Å². The number of benzene rings is 1. The molecular formula is C18H22FN5O4. The molecule has 0 N–H and O–H groups in total. The summed E-state index contributed by atoms with van der Waals surface area (Å²) in [5.41, 5.74) is 0.857. The summed E-state index contributed by atoms with van der Waals surface area (Å²) in [5, 5.41) is 11.4. The monoisotopic (exact) mass is 391 g/mol. The number of methoxy groups -OCH3 is 1. The van der Waals surface area contributed by atoms with Crippen molar-refractivity contribution in [1.82, 2.24) is 9.97 Å². The maximum atomic E-state index is 13.9. The summed E-state index contributed by atoms with van der Waals surface area (Å²) in [4.78, 5) is 23.5. The molecule has 0 radical (unpaired) electrons. The molecule has 0 saturated carbocycles. The molecule has 28 heavy (non-hydrogen) atoms. The summed E-state index contributed by atoms with van der Waals surface area (Å²) in [7, 11) is 1.33. The summed E-state index contributed by atoms with van der Waals surface area (Å²) in [6, 6.07) is 4.05. The minimum atomic E-state index is -0.756. The van der Waals surface area contributed by atoms with E-state index in [4.69, 9.17) is 9.47 Å². The van der Waals surface area contributed by atoms with Gasteiger partial charge in [0.15, 0.2) is 11.6 Å². The van der Waals surface area contributed by atoms with E-state index >= 15 is 0 Å². The number of aryl methyl sites for hydroxylation is 1. The maximum Gasteiger partial charge on any atom is 0.295 e. The van der Waals surface area contributed by atoms with E-state index < -0.39 is 10.7 Å². The Balaban J connectivity index is 1.80. The molecule has 1 aromatic heterocycles. The van der Waals surface area contributed by atoms with Crippen molar-refractivity contribution in [3.63, 3.8) is 0 Å². The van der Waals surface area contributed by atoms with E-state index in [0.29, 0.717) is 50.3 Å². The molecule has 0 aliphatic carbocycles. The second-order valence-electron chi connectivity index (χ2n) is 6.29. The third-order valence-corrected chi connectivity index (χ3v) is 4.46. The van der Waals surface area contributed by atoms with Crippen molar-refractivity contribution in [3.05, 3.63) is 39.8 Å². The molecule has 2 heterocycles. The number of piperazine rings is 1. The van der Waals surface area contributed by atoms with Gasteiger partial charge in [0.05, 0.1) is 24.7 Å². The van der Waals surface area contributed by atoms with Crippen LogP contribution in [0.25, 0.3) is 0 Å². The maximum absolute atomic E-state index is 13.9. The first kappa shape index (κ1) is 19.6. The lowest BCUT2D eigenvalue weighted by molar-refractivity contribution is -0.384. The zero-order valence-electron chi connectivity index (χ0n) is 16.0. The van der Waals surface area contributed by atoms with E-state index in [-0.39, 0.29) is 11.4 Å². The van der Waals surface area contributed by atoms with Gasteiger partial charge in [0.25, 0.3) is 5.69 Å². The van der Waals surface area contributed by atoms with Crippen LogP contribution in [0.15, 0.2) is 18.2 Å². The Morgan fingerprint density at radius 3 is 2.46 bits per heavy atom. The molecule has 10 heteroatoms. The molecule has 1 saturated heterocycles. The van der Waals surface area contributed by atoms with E-state index in [0.717, 1.165) is 11.8 Å². The molecule has 1 aromatic carbocycles. The van der Waals surface area contributed by atoms with Crippen molar-refractivity contribution >= 4 is 17.3 Å². The van der Waals surface area contributed by atoms with Crippen LogP contribution in [0.1, 0.15) is 12.6 Å². The van der Waals surface area contributed by atoms with Crippen LogP contribution < -0.4 is 19.3 Å². The van der Waals surface area contributed by atoms with Crippen LogP contribution in [-0.4, -0.2) is 54.8 Å². The van der Waals surface area contributed by atoms with Crippen molar-refractivity contribution in [1.29, 1.82) is 0 Å². The lowest BCUT2D eigenvalue weighted by Crippen LogP contribution is -2.47. The molecule has 3 rings (SSSR count). The van der Waals surface area contributed by atoms with Crippen LogP contribution in [0.4, 0.5) is 21.7 Å². The highest BCUT2D eigenvalue weighted by atomic mass is 19.1. The Labute approximate surface area is 161 Å². The average molecular weight is 391 g/mol. The van der Waals surface area contributed by atoms with Crippen LogP contribution in [0.3, 0.4) is 0 Å². The number of anilines is 2. The van der Waals surface area contributed by atoms with Gasteiger partial charge in [-0.2, -0.15) is 4.98 Å². The standard InChI is InChI=1S/C18H22FN5O4/c1-4-28-17-9-12(2)20-18(21-17)23-7-5-22(6-8-23)14-11-16(27-3)13(19)10-15(14)24(25)26/h9-11H,4-8H2,1-3H3. The lowest BCUT2D eigenvalue weighted by Gasteiger charge is -2.36. The Kier molecular flexibility index (Phi) is 5.76. The predicted octanol–water partition coefficient (Wildman–Crippen LogP) is 2.57. The van der Waals surface area contributed by atoms with Gasteiger partial charge in [-0.05, 0) is 13.8 Å². The second kappa shape index (κ2) is 8.24. The summed E-state index contributed by atoms with van der Waals surface area (Å²) in [5.74, 6) is 0.306. The first-order valence-electron chi connectivity index (χ1n) is 8.93. The van der Waals surface area contributed by atoms with Gasteiger partial charge in [-0.15, -0.1) is 0 Å². The van der Waals surface area contributed by atoms with Gasteiger partial charge in [0.1, 0.15) is 5.69 Å². The van der Waals surface area contributed by atoms with E-state index in [1.54, 1.807) is 6.07 Å². The van der Waals surface area contributed by atoms with Gasteiger partial charge in [-0.1, -0.05) is 0 Å². The van der Waals surface area contributed by atoms with E-state index in [1.165, 1.54) is 13.2 Å². The van der Waals surface area contributed by atoms with Crippen molar-refractivity contribution in [2.45, 2.75) is 13.8 Å². The van der Waals surface area contributed by atoms with Crippen molar-refractivity contribution in [3.8, 4) is 11.6 Å². The number of nitro benzene ring substituents is 1. The number of hydrogen-bond acceptors (Lipinski definition) is 8. The van der Waals surface area contributed by atoms with E-state index in [2.05, 4.69) is 9.97 Å². The largest absolute Gasteiger partial charge is 0.494 e. The van der Waals surface area contributed by atoms with Crippen molar-refractivity contribution < 1.29 is 18.8 Å². The molecule has 9 nitrogen and oxygen atoms in total. The minimum absolute atomic E-state index is 0.0218. The van der Waals surface area contributed by atoms with Gasteiger partial charge >= 0.3 is 0 Å². The molecular weight excluding hydrogens is 369 g/mol. The molecule has 0 unspecified atom stereocenters. The number of aromatic nitrogens is 2. The van der Waals surface area contributed by atoms with E-state index in [1.807, 2.05) is 23.6 Å². The molecule has 1 aliphatic rings. The van der Waals surface area contributed by atoms with Crippen LogP contribution in [0, 0.1) is 22.9 Å².